The number of hydrogen-bond acceptors (Lipinski definition) is 3. The molecular weight excluding hydrogens is 426 g/mol. The highest BCUT2D eigenvalue weighted by molar-refractivity contribution is 5.88. The van der Waals surface area contributed by atoms with E-state index in [2.05, 4.69) is 9.88 Å². The first-order valence-corrected chi connectivity index (χ1v) is 11.3. The van der Waals surface area contributed by atoms with Gasteiger partial charge in [-0.15, -0.1) is 0 Å². The third-order valence-electron chi connectivity index (χ3n) is 7.57. The molecule has 0 bridgehead atoms. The quantitative estimate of drug-likeness (QED) is 0.501. The Morgan fingerprint density at radius 3 is 2.64 bits per heavy atom. The van der Waals surface area contributed by atoms with E-state index in [0.29, 0.717) is 32.4 Å². The number of ether oxygens (including phenoxy) is 1. The normalized spacial score (nSPS) is 24.7. The lowest BCUT2D eigenvalue weighted by Gasteiger charge is -2.32. The van der Waals surface area contributed by atoms with Crippen molar-refractivity contribution in [1.29, 1.82) is 0 Å². The molecule has 5 rings (SSSR count). The van der Waals surface area contributed by atoms with Crippen LogP contribution >= 0.6 is 0 Å². The minimum atomic E-state index is -2.63. The summed E-state index contributed by atoms with van der Waals surface area (Å²) in [6, 6.07) is 10.5. The number of halogens is 2. The zero-order valence-electron chi connectivity index (χ0n) is 18.8. The van der Waals surface area contributed by atoms with Crippen molar-refractivity contribution in [3.63, 3.8) is 0 Å². The van der Waals surface area contributed by atoms with Gasteiger partial charge in [0.2, 0.25) is 0 Å². The van der Waals surface area contributed by atoms with E-state index in [1.165, 1.54) is 0 Å². The molecule has 2 N–H and O–H groups in total. The SMILES string of the molecule is COc1cc(C)c2[nH]ccc2c1CN1CCCC2(CC1c1ccc(C(=O)O)cc1)CC2(F)F. The number of benzene rings is 2. The maximum atomic E-state index is 14.5. The molecular formula is C26H28F2N2O3. The Balaban J connectivity index is 1.55. The van der Waals surface area contributed by atoms with Crippen molar-refractivity contribution in [3.8, 4) is 5.75 Å². The minimum absolute atomic E-state index is 0.0620. The van der Waals surface area contributed by atoms with Crippen LogP contribution in [0.25, 0.3) is 10.9 Å². The van der Waals surface area contributed by atoms with Crippen LogP contribution in [0.15, 0.2) is 42.6 Å². The molecule has 1 aromatic heterocycles. The highest BCUT2D eigenvalue weighted by Gasteiger charge is 2.71. The van der Waals surface area contributed by atoms with Gasteiger partial charge in [0.1, 0.15) is 5.75 Å². The number of likely N-dealkylation sites (tertiary alicyclic amines) is 1. The first-order valence-electron chi connectivity index (χ1n) is 11.3. The van der Waals surface area contributed by atoms with E-state index < -0.39 is 17.3 Å². The third-order valence-corrected chi connectivity index (χ3v) is 7.57. The molecule has 2 atom stereocenters. The number of hydrogen-bond donors (Lipinski definition) is 2. The second-order valence-corrected chi connectivity index (χ2v) is 9.52. The number of carbonyl (C=O) groups is 1. The van der Waals surface area contributed by atoms with Gasteiger partial charge in [-0.05, 0) is 68.1 Å². The van der Waals surface area contributed by atoms with Crippen molar-refractivity contribution < 1.29 is 23.4 Å². The molecule has 2 aromatic carbocycles. The maximum Gasteiger partial charge on any atom is 0.335 e. The average molecular weight is 455 g/mol. The molecule has 1 saturated heterocycles. The maximum absolute atomic E-state index is 14.5. The van der Waals surface area contributed by atoms with Crippen LogP contribution in [-0.4, -0.2) is 40.5 Å². The zero-order chi connectivity index (χ0) is 23.4. The summed E-state index contributed by atoms with van der Waals surface area (Å²) in [4.78, 5) is 16.9. The Morgan fingerprint density at radius 2 is 2.00 bits per heavy atom. The van der Waals surface area contributed by atoms with Crippen molar-refractivity contribution in [1.82, 2.24) is 9.88 Å². The van der Waals surface area contributed by atoms with E-state index in [4.69, 9.17) is 4.74 Å². The van der Waals surface area contributed by atoms with Crippen LogP contribution in [0, 0.1) is 12.3 Å². The standard InChI is InChI=1S/C26H28F2N2O3/c1-16-12-22(33-2)20(19-8-10-29-23(16)19)14-30-11-3-9-25(15-26(25,27)28)13-21(30)17-4-6-18(7-5-17)24(31)32/h4-8,10,12,21,29H,3,9,11,13-15H2,1-2H3,(H,31,32). The summed E-state index contributed by atoms with van der Waals surface area (Å²) >= 11 is 0. The summed E-state index contributed by atoms with van der Waals surface area (Å²) in [6.45, 7) is 3.28. The molecule has 1 saturated carbocycles. The lowest BCUT2D eigenvalue weighted by atomic mass is 9.89. The highest BCUT2D eigenvalue weighted by atomic mass is 19.3. The van der Waals surface area contributed by atoms with E-state index in [1.807, 2.05) is 25.3 Å². The molecule has 3 aromatic rings. The van der Waals surface area contributed by atoms with Gasteiger partial charge < -0.3 is 14.8 Å². The van der Waals surface area contributed by atoms with Crippen LogP contribution in [-0.2, 0) is 6.54 Å². The number of nitrogens with zero attached hydrogens (tertiary/aromatic N) is 1. The molecule has 1 aliphatic heterocycles. The number of rotatable bonds is 5. The number of aromatic nitrogens is 1. The van der Waals surface area contributed by atoms with Gasteiger partial charge >= 0.3 is 5.97 Å². The predicted octanol–water partition coefficient (Wildman–Crippen LogP) is 5.94. The number of alkyl halides is 2. The van der Waals surface area contributed by atoms with Gasteiger partial charge in [0.05, 0.1) is 12.7 Å². The summed E-state index contributed by atoms with van der Waals surface area (Å²) in [5.41, 5.74) is 3.28. The van der Waals surface area contributed by atoms with Gasteiger partial charge in [0, 0.05) is 47.1 Å². The highest BCUT2D eigenvalue weighted by Crippen LogP contribution is 2.68. The van der Waals surface area contributed by atoms with Gasteiger partial charge in [0.15, 0.2) is 0 Å². The summed E-state index contributed by atoms with van der Waals surface area (Å²) in [6.07, 6.45) is 3.41. The minimum Gasteiger partial charge on any atom is -0.496 e. The molecule has 0 radical (unpaired) electrons. The Labute approximate surface area is 191 Å². The molecule has 0 amide bonds. The number of carboxylic acids is 1. The van der Waals surface area contributed by atoms with Gasteiger partial charge in [-0.3, -0.25) is 4.90 Å². The second-order valence-electron chi connectivity index (χ2n) is 9.52. The van der Waals surface area contributed by atoms with Gasteiger partial charge in [-0.1, -0.05) is 12.1 Å². The first kappa shape index (κ1) is 21.9. The van der Waals surface area contributed by atoms with Crippen molar-refractivity contribution in [2.45, 2.75) is 51.1 Å². The van der Waals surface area contributed by atoms with Gasteiger partial charge in [-0.25, -0.2) is 13.6 Å². The molecule has 1 spiro atoms. The molecule has 33 heavy (non-hydrogen) atoms. The van der Waals surface area contributed by atoms with E-state index in [0.717, 1.165) is 33.3 Å². The number of nitrogens with one attached hydrogen (secondary N) is 1. The molecule has 7 heteroatoms. The molecule has 1 aliphatic carbocycles. The number of fused-ring (bicyclic) bond motifs is 1. The number of aryl methyl sites for hydroxylation is 1. The average Bonchev–Trinajstić information content (AvgIpc) is 3.10. The van der Waals surface area contributed by atoms with Gasteiger partial charge in [-0.2, -0.15) is 0 Å². The van der Waals surface area contributed by atoms with Crippen LogP contribution in [0.5, 0.6) is 5.75 Å². The monoisotopic (exact) mass is 454 g/mol. The summed E-state index contributed by atoms with van der Waals surface area (Å²) in [5.74, 6) is -2.84. The lowest BCUT2D eigenvalue weighted by molar-refractivity contribution is 0.0501. The number of methoxy groups -OCH3 is 1. The summed E-state index contributed by atoms with van der Waals surface area (Å²) < 4.78 is 34.7. The van der Waals surface area contributed by atoms with Gasteiger partial charge in [0.25, 0.3) is 5.92 Å². The second kappa shape index (κ2) is 7.83. The van der Waals surface area contributed by atoms with Crippen molar-refractivity contribution in [2.75, 3.05) is 13.7 Å². The summed E-state index contributed by atoms with van der Waals surface area (Å²) in [5, 5.41) is 10.3. The van der Waals surface area contributed by atoms with E-state index in [1.54, 1.807) is 31.4 Å². The van der Waals surface area contributed by atoms with E-state index >= 15 is 0 Å². The topological polar surface area (TPSA) is 65.6 Å². The summed E-state index contributed by atoms with van der Waals surface area (Å²) in [7, 11) is 1.65. The fourth-order valence-electron chi connectivity index (χ4n) is 5.60. The zero-order valence-corrected chi connectivity index (χ0v) is 18.8. The van der Waals surface area contributed by atoms with Crippen molar-refractivity contribution in [2.24, 2.45) is 5.41 Å². The van der Waals surface area contributed by atoms with Crippen LogP contribution < -0.4 is 4.74 Å². The van der Waals surface area contributed by atoms with E-state index in [9.17, 15) is 18.7 Å². The Bertz CT molecular complexity index is 1200. The Hall–Kier alpha value is -2.93. The molecule has 2 unspecified atom stereocenters. The Morgan fingerprint density at radius 1 is 1.27 bits per heavy atom. The predicted molar refractivity (Wildman–Crippen MR) is 122 cm³/mol. The smallest absolute Gasteiger partial charge is 0.335 e. The number of aromatic amines is 1. The number of aromatic carboxylic acids is 1. The lowest BCUT2D eigenvalue weighted by Crippen LogP contribution is -2.29. The molecule has 2 aliphatic rings. The molecule has 2 heterocycles. The third kappa shape index (κ3) is 3.68. The first-order chi connectivity index (χ1) is 15.7. The number of carboxylic acid groups (broad SMARTS) is 1. The molecule has 174 valence electrons. The number of H-pyrrole nitrogens is 1. The van der Waals surface area contributed by atoms with E-state index in [-0.39, 0.29) is 18.0 Å². The van der Waals surface area contributed by atoms with Crippen LogP contribution in [0.2, 0.25) is 0 Å². The van der Waals surface area contributed by atoms with Crippen molar-refractivity contribution in [3.05, 3.63) is 64.8 Å². The molecule has 2 fully saturated rings. The fraction of sp³-hybridized carbons (Fsp3) is 0.423. The van der Waals surface area contributed by atoms with Crippen molar-refractivity contribution >= 4 is 16.9 Å². The Kier molecular flexibility index (Phi) is 5.20. The van der Waals surface area contributed by atoms with Crippen LogP contribution in [0.4, 0.5) is 8.78 Å². The fourth-order valence-corrected chi connectivity index (χ4v) is 5.60. The largest absolute Gasteiger partial charge is 0.496 e. The van der Waals surface area contributed by atoms with Crippen LogP contribution in [0.3, 0.4) is 0 Å². The molecule has 5 nitrogen and oxygen atoms in total. The van der Waals surface area contributed by atoms with Crippen LogP contribution in [0.1, 0.15) is 58.8 Å².